The summed E-state index contributed by atoms with van der Waals surface area (Å²) < 4.78 is 49.1. The smallest absolute Gasteiger partial charge is 0.393 e. The second-order valence-corrected chi connectivity index (χ2v) is 5.65. The molecular weight excluding hydrogens is 313 g/mol. The maximum atomic E-state index is 13.3. The molecule has 2 atom stereocenters. The average Bonchev–Trinajstić information content (AvgIpc) is 2.46. The number of hydrogen-bond donors (Lipinski definition) is 0. The lowest BCUT2D eigenvalue weighted by molar-refractivity contribution is -0.255. The number of aryl methyl sites for hydroxylation is 1. The number of rotatable bonds is 3. The maximum absolute atomic E-state index is 13.3. The topological polar surface area (TPSA) is 52.6 Å². The molecule has 1 aromatic carbocycles. The van der Waals surface area contributed by atoms with E-state index in [-0.39, 0.29) is 6.42 Å². The molecule has 0 heterocycles. The van der Waals surface area contributed by atoms with Crippen LogP contribution in [0.25, 0.3) is 0 Å². The molecule has 1 aromatic rings. The second kappa shape index (κ2) is 5.86. The average molecular weight is 330 g/mol. The minimum Gasteiger partial charge on any atom is -0.468 e. The highest BCUT2D eigenvalue weighted by molar-refractivity contribution is 6.03. The number of hydrogen-bond acceptors (Lipinski definition) is 4. The molecule has 0 saturated heterocycles. The molecule has 0 spiro atoms. The maximum Gasteiger partial charge on any atom is 0.393 e. The van der Waals surface area contributed by atoms with Crippen LogP contribution >= 0.6 is 0 Å². The van der Waals surface area contributed by atoms with Crippen LogP contribution in [0.4, 0.5) is 13.2 Å². The van der Waals surface area contributed by atoms with Gasteiger partial charge in [-0.1, -0.05) is 29.8 Å². The number of carbonyl (C=O) groups is 2. The number of alkyl halides is 3. The van der Waals surface area contributed by atoms with E-state index in [1.54, 1.807) is 24.3 Å². The van der Waals surface area contributed by atoms with Crippen LogP contribution in [0.15, 0.2) is 24.3 Å². The van der Waals surface area contributed by atoms with Gasteiger partial charge in [0.1, 0.15) is 0 Å². The SMILES string of the molecule is COC(=O)C1(C(=O)OC)C(c2ccc(C)cc2)C[C@@H]1C(F)(F)F. The summed E-state index contributed by atoms with van der Waals surface area (Å²) in [5.74, 6) is -5.50. The zero-order valence-corrected chi connectivity index (χ0v) is 12.9. The third-order valence-corrected chi connectivity index (χ3v) is 4.49. The Bertz CT molecular complexity index is 591. The number of benzene rings is 1. The van der Waals surface area contributed by atoms with Crippen molar-refractivity contribution >= 4 is 11.9 Å². The van der Waals surface area contributed by atoms with Gasteiger partial charge in [-0.3, -0.25) is 9.59 Å². The van der Waals surface area contributed by atoms with Crippen LogP contribution in [0.3, 0.4) is 0 Å². The first-order valence-corrected chi connectivity index (χ1v) is 6.99. The summed E-state index contributed by atoms with van der Waals surface area (Å²) in [7, 11) is 1.93. The summed E-state index contributed by atoms with van der Waals surface area (Å²) in [4.78, 5) is 24.4. The first kappa shape index (κ1) is 17.3. The Morgan fingerprint density at radius 2 is 1.57 bits per heavy atom. The van der Waals surface area contributed by atoms with Crippen LogP contribution in [-0.2, 0) is 19.1 Å². The molecule has 0 aliphatic heterocycles. The third-order valence-electron chi connectivity index (χ3n) is 4.49. The molecule has 0 amide bonds. The molecule has 1 fully saturated rings. The number of esters is 2. The Hall–Kier alpha value is -2.05. The Balaban J connectivity index is 2.57. The summed E-state index contributed by atoms with van der Waals surface area (Å²) in [6.45, 7) is 1.83. The fraction of sp³-hybridized carbons (Fsp3) is 0.500. The van der Waals surface area contributed by atoms with Gasteiger partial charge in [-0.25, -0.2) is 0 Å². The number of methoxy groups -OCH3 is 2. The molecule has 1 aliphatic rings. The Morgan fingerprint density at radius 1 is 1.09 bits per heavy atom. The normalized spacial score (nSPS) is 22.9. The van der Waals surface area contributed by atoms with Gasteiger partial charge in [0.25, 0.3) is 0 Å². The van der Waals surface area contributed by atoms with E-state index in [1.807, 2.05) is 6.92 Å². The van der Waals surface area contributed by atoms with Crippen LogP contribution in [0.5, 0.6) is 0 Å². The van der Waals surface area contributed by atoms with E-state index in [0.717, 1.165) is 19.8 Å². The van der Waals surface area contributed by atoms with Gasteiger partial charge in [0.05, 0.1) is 20.1 Å². The largest absolute Gasteiger partial charge is 0.468 e. The minimum atomic E-state index is -4.70. The van der Waals surface area contributed by atoms with Crippen LogP contribution in [0.1, 0.15) is 23.5 Å². The molecule has 23 heavy (non-hydrogen) atoms. The second-order valence-electron chi connectivity index (χ2n) is 5.65. The summed E-state index contributed by atoms with van der Waals surface area (Å²) in [6.07, 6.45) is -5.07. The lowest BCUT2D eigenvalue weighted by atomic mass is 9.50. The molecule has 2 rings (SSSR count). The molecule has 126 valence electrons. The van der Waals surface area contributed by atoms with E-state index in [9.17, 15) is 22.8 Å². The van der Waals surface area contributed by atoms with Crippen molar-refractivity contribution < 1.29 is 32.2 Å². The standard InChI is InChI=1S/C16H17F3O4/c1-9-4-6-10(7-5-9)11-8-12(16(17,18)19)15(11,13(20)22-2)14(21)23-3/h4-7,11-12H,8H2,1-3H3/t11?,12-/m0/s1. The fourth-order valence-electron chi connectivity index (χ4n) is 3.27. The molecule has 0 N–H and O–H groups in total. The van der Waals surface area contributed by atoms with Gasteiger partial charge >= 0.3 is 18.1 Å². The van der Waals surface area contributed by atoms with E-state index >= 15 is 0 Å². The molecule has 0 radical (unpaired) electrons. The highest BCUT2D eigenvalue weighted by atomic mass is 19.4. The van der Waals surface area contributed by atoms with Crippen molar-refractivity contribution in [3.05, 3.63) is 35.4 Å². The van der Waals surface area contributed by atoms with Gasteiger partial charge < -0.3 is 9.47 Å². The number of halogens is 3. The van der Waals surface area contributed by atoms with Crippen molar-refractivity contribution in [1.82, 2.24) is 0 Å². The van der Waals surface area contributed by atoms with E-state index in [2.05, 4.69) is 9.47 Å². The van der Waals surface area contributed by atoms with Crippen LogP contribution < -0.4 is 0 Å². The molecule has 4 nitrogen and oxygen atoms in total. The molecule has 1 saturated carbocycles. The van der Waals surface area contributed by atoms with Gasteiger partial charge in [-0.05, 0) is 18.9 Å². The monoisotopic (exact) mass is 330 g/mol. The van der Waals surface area contributed by atoms with Gasteiger partial charge in [0.15, 0.2) is 5.41 Å². The molecule has 1 aliphatic carbocycles. The number of ether oxygens (including phenoxy) is 2. The number of carbonyl (C=O) groups excluding carboxylic acids is 2. The van der Waals surface area contributed by atoms with Crippen molar-refractivity contribution in [2.24, 2.45) is 11.3 Å². The summed E-state index contributed by atoms with van der Waals surface area (Å²) >= 11 is 0. The third kappa shape index (κ3) is 2.58. The Morgan fingerprint density at radius 3 is 1.96 bits per heavy atom. The van der Waals surface area contributed by atoms with Crippen LogP contribution in [0.2, 0.25) is 0 Å². The fourth-order valence-corrected chi connectivity index (χ4v) is 3.27. The highest BCUT2D eigenvalue weighted by Crippen LogP contribution is 2.63. The van der Waals surface area contributed by atoms with Crippen molar-refractivity contribution in [2.75, 3.05) is 14.2 Å². The summed E-state index contributed by atoms with van der Waals surface area (Å²) in [6, 6.07) is 6.67. The predicted octanol–water partition coefficient (Wildman–Crippen LogP) is 2.99. The van der Waals surface area contributed by atoms with Gasteiger partial charge in [0.2, 0.25) is 0 Å². The van der Waals surface area contributed by atoms with Crippen molar-refractivity contribution in [3.8, 4) is 0 Å². The predicted molar refractivity (Wildman–Crippen MR) is 74.5 cm³/mol. The Labute approximate surface area is 131 Å². The highest BCUT2D eigenvalue weighted by Gasteiger charge is 2.74. The summed E-state index contributed by atoms with van der Waals surface area (Å²) in [5.41, 5.74) is -0.995. The van der Waals surface area contributed by atoms with E-state index < -0.39 is 35.4 Å². The van der Waals surface area contributed by atoms with E-state index in [1.165, 1.54) is 0 Å². The molecule has 0 aromatic heterocycles. The minimum absolute atomic E-state index is 0.364. The van der Waals surface area contributed by atoms with Crippen molar-refractivity contribution in [3.63, 3.8) is 0 Å². The molecule has 7 heteroatoms. The van der Waals surface area contributed by atoms with Crippen molar-refractivity contribution in [1.29, 1.82) is 0 Å². The lowest BCUT2D eigenvalue weighted by Crippen LogP contribution is -2.63. The van der Waals surface area contributed by atoms with E-state index in [0.29, 0.717) is 5.56 Å². The van der Waals surface area contributed by atoms with Crippen molar-refractivity contribution in [2.45, 2.75) is 25.4 Å². The first-order chi connectivity index (χ1) is 10.7. The van der Waals surface area contributed by atoms with Gasteiger partial charge in [-0.2, -0.15) is 13.2 Å². The van der Waals surface area contributed by atoms with E-state index in [4.69, 9.17) is 0 Å². The van der Waals surface area contributed by atoms with Crippen LogP contribution in [0, 0.1) is 18.3 Å². The Kier molecular flexibility index (Phi) is 4.41. The molecule has 1 unspecified atom stereocenters. The quantitative estimate of drug-likeness (QED) is 0.631. The zero-order chi connectivity index (χ0) is 17.4. The van der Waals surface area contributed by atoms with Gasteiger partial charge in [0, 0.05) is 5.92 Å². The lowest BCUT2D eigenvalue weighted by Gasteiger charge is -2.51. The zero-order valence-electron chi connectivity index (χ0n) is 12.9. The first-order valence-electron chi connectivity index (χ1n) is 6.99. The van der Waals surface area contributed by atoms with Gasteiger partial charge in [-0.15, -0.1) is 0 Å². The molecular formula is C16H17F3O4. The summed E-state index contributed by atoms with van der Waals surface area (Å²) in [5, 5.41) is 0. The van der Waals surface area contributed by atoms with Crippen LogP contribution in [-0.4, -0.2) is 32.3 Å². The molecule has 0 bridgehead atoms.